The Morgan fingerprint density at radius 2 is 1.48 bits per heavy atom. The van der Waals surface area contributed by atoms with E-state index in [1.54, 1.807) is 6.08 Å². The van der Waals surface area contributed by atoms with Gasteiger partial charge in [0.1, 0.15) is 18.0 Å². The Balaban J connectivity index is 2.11. The molecule has 0 saturated carbocycles. The largest absolute Gasteiger partial charge is 0.509 e. The first-order valence-corrected chi connectivity index (χ1v) is 6.87. The van der Waals surface area contributed by atoms with Crippen molar-refractivity contribution in [3.8, 4) is 0 Å². The summed E-state index contributed by atoms with van der Waals surface area (Å²) in [6.45, 7) is 0. The van der Waals surface area contributed by atoms with Gasteiger partial charge >= 0.3 is 0 Å². The van der Waals surface area contributed by atoms with Crippen LogP contribution >= 0.6 is 0 Å². The highest BCUT2D eigenvalue weighted by Gasteiger charge is 2.29. The fourth-order valence-electron chi connectivity index (χ4n) is 3.04. The zero-order valence-corrected chi connectivity index (χ0v) is 11.2. The van der Waals surface area contributed by atoms with Crippen LogP contribution in [0.15, 0.2) is 54.3 Å². The molecule has 3 aromatic carbocycles. The van der Waals surface area contributed by atoms with E-state index in [-0.39, 0.29) is 5.76 Å². The molecule has 3 N–H and O–H groups in total. The van der Waals surface area contributed by atoms with Crippen LogP contribution in [0.1, 0.15) is 17.2 Å². The van der Waals surface area contributed by atoms with Crippen molar-refractivity contribution in [2.24, 2.45) is 0 Å². The van der Waals surface area contributed by atoms with Gasteiger partial charge in [-0.15, -0.1) is 0 Å². The molecule has 3 nitrogen and oxygen atoms in total. The van der Waals surface area contributed by atoms with Gasteiger partial charge in [-0.1, -0.05) is 36.4 Å². The zero-order valence-electron chi connectivity index (χ0n) is 11.2. The number of aliphatic hydroxyl groups excluding tert-OH is 3. The second kappa shape index (κ2) is 4.32. The van der Waals surface area contributed by atoms with E-state index in [0.717, 1.165) is 27.1 Å². The van der Waals surface area contributed by atoms with Crippen LogP contribution in [0.25, 0.3) is 27.6 Å². The molecule has 104 valence electrons. The van der Waals surface area contributed by atoms with E-state index in [1.807, 2.05) is 30.3 Å². The van der Waals surface area contributed by atoms with Gasteiger partial charge in [0.25, 0.3) is 0 Å². The summed E-state index contributed by atoms with van der Waals surface area (Å²) in [6.07, 6.45) is -0.805. The number of rotatable bonds is 0. The molecule has 0 aliphatic heterocycles. The molecule has 2 unspecified atom stereocenters. The van der Waals surface area contributed by atoms with E-state index >= 15 is 0 Å². The minimum atomic E-state index is -1.25. The molecule has 1 aliphatic carbocycles. The molecule has 1 aliphatic rings. The smallest absolute Gasteiger partial charge is 0.141 e. The van der Waals surface area contributed by atoms with Crippen LogP contribution in [0.3, 0.4) is 0 Å². The molecule has 0 fully saturated rings. The maximum absolute atomic E-state index is 10.1. The second-order valence-electron chi connectivity index (χ2n) is 5.45. The van der Waals surface area contributed by atoms with Crippen LogP contribution in [-0.4, -0.2) is 21.4 Å². The van der Waals surface area contributed by atoms with E-state index in [4.69, 9.17) is 0 Å². The second-order valence-corrected chi connectivity index (χ2v) is 5.45. The zero-order chi connectivity index (χ0) is 14.6. The number of hydrogen-bond donors (Lipinski definition) is 3. The maximum atomic E-state index is 10.1. The summed E-state index contributed by atoms with van der Waals surface area (Å²) in [4.78, 5) is 0. The van der Waals surface area contributed by atoms with Crippen molar-refractivity contribution in [2.75, 3.05) is 0 Å². The average Bonchev–Trinajstić information content (AvgIpc) is 2.51. The van der Waals surface area contributed by atoms with Crippen LogP contribution in [0, 0.1) is 0 Å². The normalized spacial score (nSPS) is 21.3. The van der Waals surface area contributed by atoms with Crippen LogP contribution in [0.2, 0.25) is 0 Å². The quantitative estimate of drug-likeness (QED) is 0.553. The molecule has 0 radical (unpaired) electrons. The van der Waals surface area contributed by atoms with E-state index in [1.165, 1.54) is 0 Å². The molecule has 3 aromatic rings. The minimum absolute atomic E-state index is 0.198. The van der Waals surface area contributed by atoms with Gasteiger partial charge in [0.05, 0.1) is 0 Å². The number of fused-ring (bicyclic) bond motifs is 4. The lowest BCUT2D eigenvalue weighted by atomic mass is 9.87. The summed E-state index contributed by atoms with van der Waals surface area (Å²) in [7, 11) is 0. The Morgan fingerprint density at radius 1 is 0.762 bits per heavy atom. The van der Waals surface area contributed by atoms with Gasteiger partial charge in [-0.2, -0.15) is 0 Å². The number of hydrogen-bond acceptors (Lipinski definition) is 3. The van der Waals surface area contributed by atoms with Crippen molar-refractivity contribution in [3.05, 3.63) is 65.4 Å². The molecular weight excluding hydrogens is 264 g/mol. The van der Waals surface area contributed by atoms with Crippen LogP contribution < -0.4 is 0 Å². The van der Waals surface area contributed by atoms with Gasteiger partial charge in [-0.3, -0.25) is 0 Å². The Kier molecular flexibility index (Phi) is 2.55. The van der Waals surface area contributed by atoms with Crippen molar-refractivity contribution >= 4 is 27.6 Å². The van der Waals surface area contributed by atoms with Gasteiger partial charge in [0, 0.05) is 0 Å². The first-order valence-electron chi connectivity index (χ1n) is 6.87. The van der Waals surface area contributed by atoms with Gasteiger partial charge in [0.15, 0.2) is 0 Å². The fourth-order valence-corrected chi connectivity index (χ4v) is 3.04. The van der Waals surface area contributed by atoms with Crippen molar-refractivity contribution in [1.82, 2.24) is 0 Å². The highest BCUT2D eigenvalue weighted by Crippen LogP contribution is 2.37. The molecule has 0 saturated heterocycles. The molecule has 2 atom stereocenters. The maximum Gasteiger partial charge on any atom is 0.141 e. The van der Waals surface area contributed by atoms with E-state index in [0.29, 0.717) is 5.56 Å². The molecule has 0 aromatic heterocycles. The lowest BCUT2D eigenvalue weighted by Gasteiger charge is -2.25. The van der Waals surface area contributed by atoms with E-state index < -0.39 is 12.2 Å². The van der Waals surface area contributed by atoms with Gasteiger partial charge in [-0.05, 0) is 50.9 Å². The van der Waals surface area contributed by atoms with Crippen molar-refractivity contribution < 1.29 is 15.3 Å². The molecular formula is C18H14O3. The lowest BCUT2D eigenvalue weighted by Crippen LogP contribution is -2.24. The topological polar surface area (TPSA) is 60.7 Å². The van der Waals surface area contributed by atoms with E-state index in [9.17, 15) is 15.3 Å². The Labute approximate surface area is 121 Å². The number of benzene rings is 3. The minimum Gasteiger partial charge on any atom is -0.509 e. The van der Waals surface area contributed by atoms with Gasteiger partial charge < -0.3 is 15.3 Å². The monoisotopic (exact) mass is 278 g/mol. The fraction of sp³-hybridized carbons (Fsp3) is 0.111. The highest BCUT2D eigenvalue weighted by molar-refractivity contribution is 6.02. The third kappa shape index (κ3) is 1.75. The summed E-state index contributed by atoms with van der Waals surface area (Å²) in [5.74, 6) is -0.198. The first-order chi connectivity index (χ1) is 10.1. The Hall–Kier alpha value is -2.36. The summed E-state index contributed by atoms with van der Waals surface area (Å²) in [6, 6.07) is 16.0. The molecule has 0 spiro atoms. The van der Waals surface area contributed by atoms with Crippen LogP contribution in [0.4, 0.5) is 0 Å². The summed E-state index contributed by atoms with van der Waals surface area (Å²) >= 11 is 0. The third-order valence-electron chi connectivity index (χ3n) is 4.17. The molecule has 0 amide bonds. The molecule has 0 heterocycles. The summed E-state index contributed by atoms with van der Waals surface area (Å²) < 4.78 is 0. The van der Waals surface area contributed by atoms with Crippen LogP contribution in [0.5, 0.6) is 0 Å². The summed E-state index contributed by atoms with van der Waals surface area (Å²) in [5.41, 5.74) is 1.41. The Morgan fingerprint density at radius 3 is 2.24 bits per heavy atom. The predicted molar refractivity (Wildman–Crippen MR) is 83.0 cm³/mol. The highest BCUT2D eigenvalue weighted by atomic mass is 16.4. The van der Waals surface area contributed by atoms with Crippen molar-refractivity contribution in [2.45, 2.75) is 12.2 Å². The molecule has 0 bridgehead atoms. The lowest BCUT2D eigenvalue weighted by molar-refractivity contribution is 0.0160. The van der Waals surface area contributed by atoms with Crippen molar-refractivity contribution in [1.29, 1.82) is 0 Å². The van der Waals surface area contributed by atoms with Gasteiger partial charge in [0.2, 0.25) is 0 Å². The Bertz CT molecular complexity index is 895. The van der Waals surface area contributed by atoms with Crippen molar-refractivity contribution in [3.63, 3.8) is 0 Å². The number of aliphatic hydroxyl groups is 3. The molecule has 4 rings (SSSR count). The van der Waals surface area contributed by atoms with E-state index in [2.05, 4.69) is 18.2 Å². The average molecular weight is 278 g/mol. The SMILES string of the molecule is OC1=Cc2c(ccc3cc4ccccc4cc23)C(O)C1O. The van der Waals surface area contributed by atoms with Gasteiger partial charge in [-0.25, -0.2) is 0 Å². The molecule has 21 heavy (non-hydrogen) atoms. The third-order valence-corrected chi connectivity index (χ3v) is 4.17. The standard InChI is InChI=1S/C18H14O3/c19-16-9-15-13(17(20)18(16)21)6-5-12-7-10-3-1-2-4-11(10)8-14(12)15/h1-9,17-21H. The first kappa shape index (κ1) is 12.4. The van der Waals surface area contributed by atoms with Crippen LogP contribution in [-0.2, 0) is 0 Å². The molecule has 3 heteroatoms. The summed E-state index contributed by atoms with van der Waals surface area (Å²) in [5, 5.41) is 34.0. The predicted octanol–water partition coefficient (Wildman–Crippen LogP) is 3.30.